The van der Waals surface area contributed by atoms with E-state index in [1.165, 1.54) is 0 Å². The van der Waals surface area contributed by atoms with E-state index in [1.807, 2.05) is 19.1 Å². The van der Waals surface area contributed by atoms with Gasteiger partial charge in [0.2, 0.25) is 0 Å². The van der Waals surface area contributed by atoms with Gasteiger partial charge >= 0.3 is 6.09 Å². The molecule has 0 spiro atoms. The lowest BCUT2D eigenvalue weighted by molar-refractivity contribution is 0.190. The van der Waals surface area contributed by atoms with E-state index in [9.17, 15) is 4.79 Å². The number of aromatic amines is 1. The Morgan fingerprint density at radius 3 is 3.09 bits per heavy atom. The molecule has 2 heterocycles. The Balaban J connectivity index is 1.65. The maximum Gasteiger partial charge on any atom is 0.404 e. The second kappa shape index (κ2) is 6.05. The average Bonchev–Trinajstić information content (AvgIpc) is 3.10. The van der Waals surface area contributed by atoms with Crippen molar-refractivity contribution in [1.29, 1.82) is 0 Å². The fraction of sp³-hybridized carbons (Fsp3) is 0.400. The van der Waals surface area contributed by atoms with Gasteiger partial charge in [-0.15, -0.1) is 0 Å². The minimum absolute atomic E-state index is 0.0303. The Labute approximate surface area is 128 Å². The first-order valence-corrected chi connectivity index (χ1v) is 7.34. The predicted octanol–water partition coefficient (Wildman–Crippen LogP) is 2.76. The molecule has 0 radical (unpaired) electrons. The fourth-order valence-electron chi connectivity index (χ4n) is 2.91. The smallest absolute Gasteiger partial charge is 0.404 e. The highest BCUT2D eigenvalue weighted by molar-refractivity contribution is 5.65. The molecular weight excluding hydrogens is 282 g/mol. The SMILES string of the molecule is Cc1ccncc1Nc1cc(C2CC[C@H](NC(=O)O)C2)[nH]n1. The summed E-state index contributed by atoms with van der Waals surface area (Å²) in [6, 6.07) is 3.96. The number of amides is 1. The molecule has 3 rings (SSSR count). The maximum atomic E-state index is 10.7. The van der Waals surface area contributed by atoms with Crippen LogP contribution in [0.5, 0.6) is 0 Å². The molecule has 2 aromatic rings. The van der Waals surface area contributed by atoms with Crippen LogP contribution in [0.4, 0.5) is 16.3 Å². The van der Waals surface area contributed by atoms with Gasteiger partial charge in [0, 0.05) is 29.9 Å². The normalized spacial score (nSPS) is 20.8. The van der Waals surface area contributed by atoms with Gasteiger partial charge in [-0.3, -0.25) is 10.1 Å². The second-order valence-electron chi connectivity index (χ2n) is 5.68. The van der Waals surface area contributed by atoms with E-state index in [1.54, 1.807) is 12.4 Å². The van der Waals surface area contributed by atoms with Gasteiger partial charge in [0.1, 0.15) is 0 Å². The number of aryl methyl sites for hydroxylation is 1. The zero-order valence-corrected chi connectivity index (χ0v) is 12.3. The molecule has 4 N–H and O–H groups in total. The Bertz CT molecular complexity index is 669. The molecule has 0 aliphatic heterocycles. The van der Waals surface area contributed by atoms with Crippen molar-refractivity contribution in [2.45, 2.75) is 38.1 Å². The highest BCUT2D eigenvalue weighted by atomic mass is 16.4. The minimum Gasteiger partial charge on any atom is -0.465 e. The van der Waals surface area contributed by atoms with Crippen LogP contribution in [-0.2, 0) is 0 Å². The lowest BCUT2D eigenvalue weighted by atomic mass is 10.0. The Morgan fingerprint density at radius 2 is 2.32 bits per heavy atom. The van der Waals surface area contributed by atoms with Gasteiger partial charge in [-0.1, -0.05) is 0 Å². The van der Waals surface area contributed by atoms with E-state index in [2.05, 4.69) is 25.8 Å². The number of hydrogen-bond donors (Lipinski definition) is 4. The van der Waals surface area contributed by atoms with Crippen LogP contribution in [0.15, 0.2) is 24.5 Å². The molecule has 7 nitrogen and oxygen atoms in total. The number of carboxylic acid groups (broad SMARTS) is 1. The Kier molecular flexibility index (Phi) is 3.95. The van der Waals surface area contributed by atoms with Gasteiger partial charge in [0.25, 0.3) is 0 Å². The molecule has 2 atom stereocenters. The van der Waals surface area contributed by atoms with Gasteiger partial charge in [-0.25, -0.2) is 4.79 Å². The monoisotopic (exact) mass is 301 g/mol. The number of rotatable bonds is 4. The van der Waals surface area contributed by atoms with Crippen LogP contribution in [0, 0.1) is 6.92 Å². The average molecular weight is 301 g/mol. The summed E-state index contributed by atoms with van der Waals surface area (Å²) in [4.78, 5) is 14.8. The van der Waals surface area contributed by atoms with Crippen molar-refractivity contribution >= 4 is 17.6 Å². The molecule has 22 heavy (non-hydrogen) atoms. The zero-order valence-electron chi connectivity index (χ0n) is 12.3. The lowest BCUT2D eigenvalue weighted by Crippen LogP contribution is -2.31. The van der Waals surface area contributed by atoms with Crippen LogP contribution in [0.1, 0.15) is 36.4 Å². The van der Waals surface area contributed by atoms with Crippen molar-refractivity contribution < 1.29 is 9.90 Å². The first-order chi connectivity index (χ1) is 10.6. The Morgan fingerprint density at radius 1 is 1.45 bits per heavy atom. The van der Waals surface area contributed by atoms with Gasteiger partial charge < -0.3 is 15.7 Å². The summed E-state index contributed by atoms with van der Waals surface area (Å²) < 4.78 is 0. The number of hydrogen-bond acceptors (Lipinski definition) is 4. The summed E-state index contributed by atoms with van der Waals surface area (Å²) in [5.41, 5.74) is 3.07. The van der Waals surface area contributed by atoms with E-state index in [0.29, 0.717) is 5.92 Å². The van der Waals surface area contributed by atoms with Gasteiger partial charge in [-0.2, -0.15) is 5.10 Å². The molecule has 2 aromatic heterocycles. The molecule has 1 aliphatic carbocycles. The van der Waals surface area contributed by atoms with Gasteiger partial charge in [0.15, 0.2) is 5.82 Å². The number of pyridine rings is 1. The highest BCUT2D eigenvalue weighted by Crippen LogP contribution is 2.34. The predicted molar refractivity (Wildman–Crippen MR) is 82.4 cm³/mol. The second-order valence-corrected chi connectivity index (χ2v) is 5.68. The molecule has 1 unspecified atom stereocenters. The van der Waals surface area contributed by atoms with Crippen LogP contribution in [0.2, 0.25) is 0 Å². The summed E-state index contributed by atoms with van der Waals surface area (Å²) in [5, 5.41) is 21.9. The zero-order chi connectivity index (χ0) is 15.5. The topological polar surface area (TPSA) is 103 Å². The summed E-state index contributed by atoms with van der Waals surface area (Å²) >= 11 is 0. The molecule has 7 heteroatoms. The summed E-state index contributed by atoms with van der Waals surface area (Å²) in [6.07, 6.45) is 5.19. The van der Waals surface area contributed by atoms with Gasteiger partial charge in [0.05, 0.1) is 11.9 Å². The molecule has 0 saturated heterocycles. The van der Waals surface area contributed by atoms with Crippen molar-refractivity contribution in [3.05, 3.63) is 35.8 Å². The maximum absolute atomic E-state index is 10.7. The first kappa shape index (κ1) is 14.4. The third-order valence-corrected chi connectivity index (χ3v) is 4.10. The number of nitrogens with one attached hydrogen (secondary N) is 3. The third-order valence-electron chi connectivity index (χ3n) is 4.10. The fourth-order valence-corrected chi connectivity index (χ4v) is 2.91. The van der Waals surface area contributed by atoms with Gasteiger partial charge in [-0.05, 0) is 37.8 Å². The number of H-pyrrole nitrogens is 1. The highest BCUT2D eigenvalue weighted by Gasteiger charge is 2.28. The van der Waals surface area contributed by atoms with Crippen LogP contribution in [-0.4, -0.2) is 32.4 Å². The van der Waals surface area contributed by atoms with Crippen molar-refractivity contribution in [3.63, 3.8) is 0 Å². The summed E-state index contributed by atoms with van der Waals surface area (Å²) in [7, 11) is 0. The van der Waals surface area contributed by atoms with E-state index < -0.39 is 6.09 Å². The standard InChI is InChI=1S/C15H19N5O2/c1-9-4-5-16-8-13(9)18-14-7-12(19-20-14)10-2-3-11(6-10)17-15(21)22/h4-5,7-8,10-11,17H,2-3,6H2,1H3,(H,21,22)(H2,18,19,20)/t10?,11-/m0/s1. The summed E-state index contributed by atoms with van der Waals surface area (Å²) in [5.74, 6) is 1.07. The van der Waals surface area contributed by atoms with Crippen molar-refractivity contribution in [2.24, 2.45) is 0 Å². The number of anilines is 2. The largest absolute Gasteiger partial charge is 0.465 e. The van der Waals surface area contributed by atoms with Crippen molar-refractivity contribution in [1.82, 2.24) is 20.5 Å². The molecule has 1 fully saturated rings. The lowest BCUT2D eigenvalue weighted by Gasteiger charge is -2.09. The molecule has 116 valence electrons. The molecule has 1 aliphatic rings. The van der Waals surface area contributed by atoms with Crippen LogP contribution in [0.3, 0.4) is 0 Å². The summed E-state index contributed by atoms with van der Waals surface area (Å²) in [6.45, 7) is 2.01. The van der Waals surface area contributed by atoms with Crippen LogP contribution >= 0.6 is 0 Å². The molecule has 1 amide bonds. The van der Waals surface area contributed by atoms with E-state index in [4.69, 9.17) is 5.11 Å². The molecule has 0 bridgehead atoms. The number of carbonyl (C=O) groups is 1. The molecule has 1 saturated carbocycles. The Hall–Kier alpha value is -2.57. The first-order valence-electron chi connectivity index (χ1n) is 7.34. The molecule has 0 aromatic carbocycles. The quantitative estimate of drug-likeness (QED) is 0.695. The van der Waals surface area contributed by atoms with E-state index in [-0.39, 0.29) is 6.04 Å². The third kappa shape index (κ3) is 3.19. The molecular formula is C15H19N5O2. The van der Waals surface area contributed by atoms with Crippen molar-refractivity contribution in [2.75, 3.05) is 5.32 Å². The number of aromatic nitrogens is 3. The minimum atomic E-state index is -0.954. The number of nitrogens with zero attached hydrogens (tertiary/aromatic N) is 2. The van der Waals surface area contributed by atoms with E-state index in [0.717, 1.165) is 42.0 Å². The van der Waals surface area contributed by atoms with Crippen LogP contribution < -0.4 is 10.6 Å². The van der Waals surface area contributed by atoms with E-state index >= 15 is 0 Å². The van der Waals surface area contributed by atoms with Crippen molar-refractivity contribution in [3.8, 4) is 0 Å². The van der Waals surface area contributed by atoms with Crippen LogP contribution in [0.25, 0.3) is 0 Å².